The van der Waals surface area contributed by atoms with Crippen molar-refractivity contribution >= 4 is 33.6 Å². The van der Waals surface area contributed by atoms with Crippen LogP contribution in [-0.4, -0.2) is 95.9 Å². The Morgan fingerprint density at radius 3 is 0.603 bits per heavy atom. The lowest BCUT2D eigenvalue weighted by Crippen LogP contribution is -2.30. The van der Waals surface area contributed by atoms with Gasteiger partial charge in [-0.1, -0.05) is 452 Å². The average molecular weight is 1870 g/mol. The highest BCUT2D eigenvalue weighted by Crippen LogP contribution is 2.45. The van der Waals surface area contributed by atoms with Gasteiger partial charge in [0, 0.05) is 19.3 Å². The summed E-state index contributed by atoms with van der Waals surface area (Å²) < 4.78 is 61.7. The molecule has 0 amide bonds. The molecule has 16 nitrogen and oxygen atoms in total. The summed E-state index contributed by atoms with van der Waals surface area (Å²) in [4.78, 5) is 59.3. The number of rotatable bonds is 98. The summed E-state index contributed by atoms with van der Waals surface area (Å²) in [5, 5.41) is 20.8. The zero-order chi connectivity index (χ0) is 95.0. The number of esters is 3. The van der Waals surface area contributed by atoms with E-state index in [4.69, 9.17) is 32.3 Å². The number of ether oxygens (including phenoxy) is 3. The zero-order valence-corrected chi connectivity index (χ0v) is 84.7. The highest BCUT2D eigenvalue weighted by Gasteiger charge is 2.30. The molecule has 131 heavy (non-hydrogen) atoms. The zero-order valence-electron chi connectivity index (χ0n) is 82.9. The Kier molecular flexibility index (Phi) is 98.4. The van der Waals surface area contributed by atoms with Crippen LogP contribution in [-0.2, 0) is 55.8 Å². The van der Waals surface area contributed by atoms with Gasteiger partial charge in [-0.05, 0) is 167 Å². The summed E-state index contributed by atoms with van der Waals surface area (Å²) in [6.07, 6.45) is 140. The third kappa shape index (κ3) is 104. The standard InChI is InChI=1S/C113H190O16P2/c1-4-7-10-13-16-19-22-25-28-31-34-37-40-43-45-47-49-51-53-55-57-59-61-64-66-69-72-75-78-81-84-87-90-93-96-99-111(116)123-102-108(114)103-125-130(119,120)126-104-109(115)105-127-131(121,122)128-107-110(129-113(118)101-98-95-92-89-86-83-80-77-74-71-68-63-42-39-36-33-30-27-24-21-18-15-12-9-6-3)106-124-112(117)100-97-94-91-88-85-82-79-76-73-70-67-65-62-60-58-56-54-52-50-48-46-44-41-38-35-32-29-26-23-20-17-14-11-8-5-2/h7-12,16-21,25-30,34-39,43-46,49-52,63,68,108-110,114-115H,4-6,13-15,22-24,31-33,40-42,47-48,53-62,64-67,69-107H2,1-3H3,(H,119,120)(H,121,122)/b10-7-,11-8-,12-9-,19-16-,20-17-,21-18-,28-25-,29-26-,30-27-,37-34-,38-35-,39-36-,45-43-,46-44-,51-49-,52-50-,68-63-. The molecule has 5 unspecified atom stereocenters. The Morgan fingerprint density at radius 1 is 0.214 bits per heavy atom. The van der Waals surface area contributed by atoms with Crippen molar-refractivity contribution in [3.8, 4) is 0 Å². The maximum atomic E-state index is 13.1. The second kappa shape index (κ2) is 103. The average Bonchev–Trinajstić information content (AvgIpc) is 0.898. The van der Waals surface area contributed by atoms with Gasteiger partial charge in [0.25, 0.3) is 0 Å². The maximum absolute atomic E-state index is 13.1. The molecule has 0 aromatic heterocycles. The number of allylic oxidation sites excluding steroid dienone is 34. The van der Waals surface area contributed by atoms with Gasteiger partial charge in [0.2, 0.25) is 0 Å². The molecule has 748 valence electrons. The van der Waals surface area contributed by atoms with E-state index < -0.39 is 91.5 Å². The van der Waals surface area contributed by atoms with Gasteiger partial charge in [-0.15, -0.1) is 0 Å². The second-order valence-corrected chi connectivity index (χ2v) is 37.5. The Bertz CT molecular complexity index is 3210. The Morgan fingerprint density at radius 2 is 0.382 bits per heavy atom. The van der Waals surface area contributed by atoms with Crippen molar-refractivity contribution in [3.63, 3.8) is 0 Å². The largest absolute Gasteiger partial charge is 0.472 e. The first kappa shape index (κ1) is 125. The smallest absolute Gasteiger partial charge is 0.463 e. The fourth-order valence-electron chi connectivity index (χ4n) is 14.2. The highest BCUT2D eigenvalue weighted by molar-refractivity contribution is 7.47. The molecule has 0 aliphatic rings. The van der Waals surface area contributed by atoms with Crippen molar-refractivity contribution in [2.45, 2.75) is 450 Å². The lowest BCUT2D eigenvalue weighted by atomic mass is 10.0. The summed E-state index contributed by atoms with van der Waals surface area (Å²) in [7, 11) is -9.83. The Hall–Kier alpha value is -5.87. The number of phosphoric ester groups is 2. The third-order valence-electron chi connectivity index (χ3n) is 22.0. The molecule has 0 aromatic carbocycles. The first-order valence-corrected chi connectivity index (χ1v) is 55.4. The Balaban J connectivity index is 4.58. The number of aliphatic hydroxyl groups is 2. The SMILES string of the molecule is CC/C=C\C/C=C\C/C=C\C/C=C\C/C=C\C/C=C\CCCCCCCCCCCCCCCCCCC(=O)OCC(O)COP(=O)(O)OCC(O)COP(=O)(O)OCC(COC(=O)CCCCCCCCCCCCCCCCCC/C=C\C/C=C\C/C=C\C/C=C\C/C=C\C/C=C\CC)OC(=O)CCCCCCCCCCC/C=C\C/C=C\C/C=C\C/C=C\C/C=C\CC. The van der Waals surface area contributed by atoms with Crippen LogP contribution in [0, 0.1) is 0 Å². The Labute approximate surface area is 800 Å². The van der Waals surface area contributed by atoms with Crippen LogP contribution >= 0.6 is 15.6 Å². The summed E-state index contributed by atoms with van der Waals surface area (Å²) in [5.41, 5.74) is 0. The molecule has 0 spiro atoms. The molecule has 5 atom stereocenters. The van der Waals surface area contributed by atoms with Crippen molar-refractivity contribution < 1.29 is 75.8 Å². The molecule has 0 bridgehead atoms. The van der Waals surface area contributed by atoms with Crippen molar-refractivity contribution in [3.05, 3.63) is 207 Å². The molecule has 0 aliphatic carbocycles. The minimum atomic E-state index is -4.95. The number of unbranched alkanes of at least 4 members (excludes halogenated alkanes) is 41. The number of carbonyl (C=O) groups is 3. The van der Waals surface area contributed by atoms with Crippen LogP contribution in [0.25, 0.3) is 0 Å². The monoisotopic (exact) mass is 1870 g/mol. The summed E-state index contributed by atoms with van der Waals surface area (Å²) >= 11 is 0. The van der Waals surface area contributed by atoms with E-state index in [2.05, 4.69) is 227 Å². The normalized spacial score (nSPS) is 14.5. The van der Waals surface area contributed by atoms with Gasteiger partial charge in [0.1, 0.15) is 25.4 Å². The molecular weight excluding hydrogens is 1680 g/mol. The first-order chi connectivity index (χ1) is 64.2. The van der Waals surface area contributed by atoms with Gasteiger partial charge in [0.05, 0.1) is 26.4 Å². The maximum Gasteiger partial charge on any atom is 0.472 e. The van der Waals surface area contributed by atoms with Gasteiger partial charge >= 0.3 is 33.6 Å². The molecule has 4 N–H and O–H groups in total. The lowest BCUT2D eigenvalue weighted by Gasteiger charge is -2.21. The molecule has 0 saturated heterocycles. The predicted octanol–water partition coefficient (Wildman–Crippen LogP) is 33.5. The van der Waals surface area contributed by atoms with E-state index in [-0.39, 0.29) is 19.3 Å². The topological polar surface area (TPSA) is 231 Å². The van der Waals surface area contributed by atoms with Crippen LogP contribution in [0.3, 0.4) is 0 Å². The van der Waals surface area contributed by atoms with E-state index in [1.165, 1.54) is 193 Å². The number of aliphatic hydroxyl groups excluding tert-OH is 2. The number of hydrogen-bond acceptors (Lipinski definition) is 14. The third-order valence-corrected chi connectivity index (χ3v) is 23.9. The van der Waals surface area contributed by atoms with E-state index in [1.807, 2.05) is 0 Å². The number of carbonyl (C=O) groups excluding carboxylic acids is 3. The number of hydrogen-bond donors (Lipinski definition) is 4. The molecule has 0 rings (SSSR count). The predicted molar refractivity (Wildman–Crippen MR) is 555 cm³/mol. The molecule has 0 radical (unpaired) electrons. The van der Waals surface area contributed by atoms with Crippen molar-refractivity contribution in [2.75, 3.05) is 39.6 Å². The van der Waals surface area contributed by atoms with Crippen LogP contribution in [0.1, 0.15) is 432 Å². The van der Waals surface area contributed by atoms with Crippen LogP contribution in [0.4, 0.5) is 0 Å². The van der Waals surface area contributed by atoms with Crippen LogP contribution in [0.2, 0.25) is 0 Å². The van der Waals surface area contributed by atoms with E-state index in [9.17, 15) is 43.5 Å². The molecule has 0 fully saturated rings. The van der Waals surface area contributed by atoms with Gasteiger partial charge in [-0.3, -0.25) is 32.5 Å². The molecule has 18 heteroatoms. The molecule has 0 aromatic rings. The van der Waals surface area contributed by atoms with Crippen LogP contribution < -0.4 is 0 Å². The fourth-order valence-corrected chi connectivity index (χ4v) is 15.8. The van der Waals surface area contributed by atoms with Crippen LogP contribution in [0.15, 0.2) is 207 Å². The summed E-state index contributed by atoms with van der Waals surface area (Å²) in [5.74, 6) is -1.57. The van der Waals surface area contributed by atoms with E-state index in [0.717, 1.165) is 180 Å². The minimum Gasteiger partial charge on any atom is -0.463 e. The van der Waals surface area contributed by atoms with E-state index in [0.29, 0.717) is 19.3 Å². The summed E-state index contributed by atoms with van der Waals surface area (Å²) in [6.45, 7) is 2.40. The molecule has 0 heterocycles. The molecule has 0 aliphatic heterocycles. The van der Waals surface area contributed by atoms with Crippen LogP contribution in [0.5, 0.6) is 0 Å². The first-order valence-electron chi connectivity index (χ1n) is 52.4. The van der Waals surface area contributed by atoms with E-state index in [1.54, 1.807) is 0 Å². The molecular formula is C113H190O16P2. The quantitative estimate of drug-likeness (QED) is 0.0146. The lowest BCUT2D eigenvalue weighted by molar-refractivity contribution is -0.161. The van der Waals surface area contributed by atoms with Gasteiger partial charge in [-0.2, -0.15) is 0 Å². The van der Waals surface area contributed by atoms with Gasteiger partial charge in [0.15, 0.2) is 6.10 Å². The van der Waals surface area contributed by atoms with Crippen molar-refractivity contribution in [1.29, 1.82) is 0 Å². The second-order valence-electron chi connectivity index (χ2n) is 34.6. The van der Waals surface area contributed by atoms with Crippen molar-refractivity contribution in [2.24, 2.45) is 0 Å². The minimum absolute atomic E-state index is 0.0928. The summed E-state index contributed by atoms with van der Waals surface area (Å²) in [6, 6.07) is 0. The van der Waals surface area contributed by atoms with Gasteiger partial charge in [-0.25, -0.2) is 9.13 Å². The number of phosphoric acid groups is 2. The highest BCUT2D eigenvalue weighted by atomic mass is 31.2. The van der Waals surface area contributed by atoms with Gasteiger partial charge < -0.3 is 34.2 Å². The van der Waals surface area contributed by atoms with Crippen molar-refractivity contribution in [1.82, 2.24) is 0 Å². The molecule has 0 saturated carbocycles. The van der Waals surface area contributed by atoms with E-state index >= 15 is 0 Å². The fraction of sp³-hybridized carbons (Fsp3) is 0.673.